The van der Waals surface area contributed by atoms with E-state index in [2.05, 4.69) is 10.6 Å². The highest BCUT2D eigenvalue weighted by Gasteiger charge is 2.47. The largest absolute Gasteiger partial charge is 0.506 e. The standard InChI is InChI=1S/C11H14N2O2/c14-8-3-1-2-7-9(8)13-11(10(7)15)4-5-12-6-11/h1-3,10,12-15H,4-6H2. The van der Waals surface area contributed by atoms with Gasteiger partial charge >= 0.3 is 0 Å². The first kappa shape index (κ1) is 9.00. The molecule has 2 aliphatic heterocycles. The number of nitrogens with one attached hydrogen (secondary N) is 2. The highest BCUT2D eigenvalue weighted by molar-refractivity contribution is 5.68. The molecule has 2 atom stereocenters. The van der Waals surface area contributed by atoms with Gasteiger partial charge in [0.1, 0.15) is 11.9 Å². The molecule has 0 amide bonds. The Hall–Kier alpha value is -1.26. The fourth-order valence-corrected chi connectivity index (χ4v) is 2.59. The van der Waals surface area contributed by atoms with E-state index < -0.39 is 6.10 Å². The molecule has 0 saturated carbocycles. The summed E-state index contributed by atoms with van der Waals surface area (Å²) >= 11 is 0. The molecule has 4 N–H and O–H groups in total. The molecule has 15 heavy (non-hydrogen) atoms. The van der Waals surface area contributed by atoms with Crippen LogP contribution in [0.3, 0.4) is 0 Å². The van der Waals surface area contributed by atoms with Crippen LogP contribution in [0.4, 0.5) is 5.69 Å². The quantitative estimate of drug-likeness (QED) is 0.469. The van der Waals surface area contributed by atoms with Crippen molar-refractivity contribution in [2.75, 3.05) is 18.4 Å². The fraction of sp³-hybridized carbons (Fsp3) is 0.455. The topological polar surface area (TPSA) is 64.5 Å². The lowest BCUT2D eigenvalue weighted by molar-refractivity contribution is 0.118. The number of aromatic hydroxyl groups is 1. The maximum Gasteiger partial charge on any atom is 0.139 e. The van der Waals surface area contributed by atoms with Crippen LogP contribution < -0.4 is 10.6 Å². The van der Waals surface area contributed by atoms with Gasteiger partial charge in [0.15, 0.2) is 0 Å². The van der Waals surface area contributed by atoms with E-state index in [1.807, 2.05) is 6.07 Å². The molecule has 0 bridgehead atoms. The normalized spacial score (nSPS) is 33.0. The number of aliphatic hydroxyl groups excluding tert-OH is 1. The van der Waals surface area contributed by atoms with Gasteiger partial charge in [0.05, 0.1) is 11.2 Å². The number of benzene rings is 1. The van der Waals surface area contributed by atoms with Gasteiger partial charge in [-0.1, -0.05) is 12.1 Å². The van der Waals surface area contributed by atoms with Crippen LogP contribution in [0, 0.1) is 0 Å². The zero-order valence-electron chi connectivity index (χ0n) is 8.33. The molecule has 0 aliphatic carbocycles. The first-order valence-electron chi connectivity index (χ1n) is 5.22. The van der Waals surface area contributed by atoms with Gasteiger partial charge < -0.3 is 20.8 Å². The lowest BCUT2D eigenvalue weighted by atomic mass is 9.91. The second-order valence-corrected chi connectivity index (χ2v) is 4.35. The lowest BCUT2D eigenvalue weighted by Crippen LogP contribution is -2.41. The van der Waals surface area contributed by atoms with Crippen LogP contribution in [-0.2, 0) is 0 Å². The summed E-state index contributed by atoms with van der Waals surface area (Å²) in [7, 11) is 0. The third-order valence-corrected chi connectivity index (χ3v) is 3.45. The summed E-state index contributed by atoms with van der Waals surface area (Å²) in [6.45, 7) is 1.64. The van der Waals surface area contributed by atoms with E-state index in [-0.39, 0.29) is 11.3 Å². The second kappa shape index (κ2) is 2.87. The maximum atomic E-state index is 10.2. The van der Waals surface area contributed by atoms with Crippen molar-refractivity contribution in [1.29, 1.82) is 0 Å². The molecular weight excluding hydrogens is 192 g/mol. The Labute approximate surface area is 87.9 Å². The highest BCUT2D eigenvalue weighted by Crippen LogP contribution is 2.47. The van der Waals surface area contributed by atoms with Gasteiger partial charge in [0.25, 0.3) is 0 Å². The van der Waals surface area contributed by atoms with Gasteiger partial charge in [-0.3, -0.25) is 0 Å². The first-order valence-corrected chi connectivity index (χ1v) is 5.22. The van der Waals surface area contributed by atoms with Crippen molar-refractivity contribution in [3.63, 3.8) is 0 Å². The van der Waals surface area contributed by atoms with Gasteiger partial charge in [0.2, 0.25) is 0 Å². The number of phenolic OH excluding ortho intramolecular Hbond substituents is 1. The molecule has 1 fully saturated rings. The Bertz CT molecular complexity index is 400. The van der Waals surface area contributed by atoms with Gasteiger partial charge in [-0.2, -0.15) is 0 Å². The van der Waals surface area contributed by atoms with Gasteiger partial charge in [-0.25, -0.2) is 0 Å². The Balaban J connectivity index is 2.08. The van der Waals surface area contributed by atoms with E-state index in [4.69, 9.17) is 0 Å². The van der Waals surface area contributed by atoms with Crippen LogP contribution in [-0.4, -0.2) is 28.8 Å². The zero-order chi connectivity index (χ0) is 10.5. The average Bonchev–Trinajstić information content (AvgIpc) is 2.79. The summed E-state index contributed by atoms with van der Waals surface area (Å²) in [5.41, 5.74) is 1.17. The summed E-state index contributed by atoms with van der Waals surface area (Å²) < 4.78 is 0. The van der Waals surface area contributed by atoms with Gasteiger partial charge in [-0.05, 0) is 19.0 Å². The van der Waals surface area contributed by atoms with E-state index in [0.29, 0.717) is 5.69 Å². The minimum Gasteiger partial charge on any atom is -0.506 e. The number of hydrogen-bond acceptors (Lipinski definition) is 4. The smallest absolute Gasteiger partial charge is 0.139 e. The number of anilines is 1. The lowest BCUT2D eigenvalue weighted by Gasteiger charge is -2.27. The van der Waals surface area contributed by atoms with E-state index in [1.165, 1.54) is 0 Å². The van der Waals surface area contributed by atoms with Crippen molar-refractivity contribution in [3.8, 4) is 5.75 Å². The Kier molecular flexibility index (Phi) is 1.72. The number of aliphatic hydroxyl groups is 1. The molecule has 1 aromatic carbocycles. The molecule has 2 unspecified atom stereocenters. The Morgan fingerprint density at radius 1 is 1.40 bits per heavy atom. The summed E-state index contributed by atoms with van der Waals surface area (Å²) in [6.07, 6.45) is 0.344. The van der Waals surface area contributed by atoms with Crippen molar-refractivity contribution in [2.24, 2.45) is 0 Å². The third-order valence-electron chi connectivity index (χ3n) is 3.45. The van der Waals surface area contributed by atoms with Crippen LogP contribution in [0.5, 0.6) is 5.75 Å². The van der Waals surface area contributed by atoms with Crippen molar-refractivity contribution in [1.82, 2.24) is 5.32 Å². The number of rotatable bonds is 0. The average molecular weight is 206 g/mol. The van der Waals surface area contributed by atoms with Crippen LogP contribution in [0.25, 0.3) is 0 Å². The Morgan fingerprint density at radius 2 is 2.27 bits per heavy atom. The SMILES string of the molecule is Oc1cccc2c1NC1(CCNC1)C2O. The summed E-state index contributed by atoms with van der Waals surface area (Å²) in [5, 5.41) is 26.4. The predicted octanol–water partition coefficient (Wildman–Crippen LogP) is 0.583. The molecule has 0 aromatic heterocycles. The number of phenols is 1. The summed E-state index contributed by atoms with van der Waals surface area (Å²) in [5.74, 6) is 0.218. The number of hydrogen-bond donors (Lipinski definition) is 4. The molecule has 1 spiro atoms. The molecule has 1 aromatic rings. The van der Waals surface area contributed by atoms with Crippen molar-refractivity contribution >= 4 is 5.69 Å². The van der Waals surface area contributed by atoms with Crippen LogP contribution in [0.15, 0.2) is 18.2 Å². The second-order valence-electron chi connectivity index (χ2n) is 4.35. The first-order chi connectivity index (χ1) is 7.23. The van der Waals surface area contributed by atoms with Gasteiger partial charge in [0, 0.05) is 12.1 Å². The van der Waals surface area contributed by atoms with Gasteiger partial charge in [-0.15, -0.1) is 0 Å². The fourth-order valence-electron chi connectivity index (χ4n) is 2.59. The molecule has 3 rings (SSSR count). The van der Waals surface area contributed by atoms with Crippen molar-refractivity contribution in [3.05, 3.63) is 23.8 Å². The van der Waals surface area contributed by atoms with Crippen molar-refractivity contribution in [2.45, 2.75) is 18.1 Å². The summed E-state index contributed by atoms with van der Waals surface area (Å²) in [4.78, 5) is 0. The van der Waals surface area contributed by atoms with E-state index >= 15 is 0 Å². The number of fused-ring (bicyclic) bond motifs is 1. The molecule has 2 aliphatic rings. The van der Waals surface area contributed by atoms with E-state index in [0.717, 1.165) is 25.1 Å². The Morgan fingerprint density at radius 3 is 2.93 bits per heavy atom. The zero-order valence-corrected chi connectivity index (χ0v) is 8.33. The van der Waals surface area contributed by atoms with Crippen molar-refractivity contribution < 1.29 is 10.2 Å². The highest BCUT2D eigenvalue weighted by atomic mass is 16.3. The third kappa shape index (κ3) is 1.09. The molecule has 4 heteroatoms. The maximum absolute atomic E-state index is 10.2. The molecule has 4 nitrogen and oxygen atoms in total. The van der Waals surface area contributed by atoms with Crippen LogP contribution in [0.1, 0.15) is 18.1 Å². The predicted molar refractivity (Wildman–Crippen MR) is 56.9 cm³/mol. The minimum atomic E-state index is -0.533. The molecule has 2 heterocycles. The summed E-state index contributed by atoms with van der Waals surface area (Å²) in [6, 6.07) is 5.26. The molecule has 80 valence electrons. The van der Waals surface area contributed by atoms with E-state index in [9.17, 15) is 10.2 Å². The van der Waals surface area contributed by atoms with E-state index in [1.54, 1.807) is 12.1 Å². The molecule has 1 saturated heterocycles. The molecular formula is C11H14N2O2. The minimum absolute atomic E-state index is 0.218. The molecule has 0 radical (unpaired) electrons. The van der Waals surface area contributed by atoms with Crippen LogP contribution in [0.2, 0.25) is 0 Å². The monoisotopic (exact) mass is 206 g/mol. The van der Waals surface area contributed by atoms with Crippen LogP contribution >= 0.6 is 0 Å². The number of para-hydroxylation sites is 1.